The highest BCUT2D eigenvalue weighted by Crippen LogP contribution is 2.23. The summed E-state index contributed by atoms with van der Waals surface area (Å²) in [5.41, 5.74) is 1.95. The Morgan fingerprint density at radius 1 is 1.16 bits per heavy atom. The highest BCUT2D eigenvalue weighted by atomic mass is 16.5. The van der Waals surface area contributed by atoms with Gasteiger partial charge in [0.2, 0.25) is 0 Å². The molecule has 0 unspecified atom stereocenters. The molecular weight excluding hydrogens is 314 g/mol. The Balaban J connectivity index is 1.33. The van der Waals surface area contributed by atoms with Gasteiger partial charge in [-0.05, 0) is 25.0 Å². The number of hydrogen-bond acceptors (Lipinski definition) is 6. The maximum atomic E-state index is 5.45. The average molecular weight is 335 g/mol. The first kappa shape index (κ1) is 15.8. The van der Waals surface area contributed by atoms with Crippen LogP contribution in [0.15, 0.2) is 59.3 Å². The number of nitrogens with zero attached hydrogens (tertiary/aromatic N) is 4. The van der Waals surface area contributed by atoms with Crippen LogP contribution in [0.1, 0.15) is 18.6 Å². The zero-order valence-electron chi connectivity index (χ0n) is 14.0. The molecule has 6 nitrogen and oxygen atoms in total. The molecule has 1 fully saturated rings. The van der Waals surface area contributed by atoms with Gasteiger partial charge in [-0.2, -0.15) is 5.10 Å². The Labute approximate surface area is 146 Å². The van der Waals surface area contributed by atoms with E-state index in [1.54, 1.807) is 6.20 Å². The molecule has 0 spiro atoms. The van der Waals surface area contributed by atoms with Gasteiger partial charge in [0.05, 0.1) is 6.54 Å². The van der Waals surface area contributed by atoms with Gasteiger partial charge >= 0.3 is 0 Å². The summed E-state index contributed by atoms with van der Waals surface area (Å²) in [5, 5.41) is 15.9. The van der Waals surface area contributed by atoms with Crippen molar-refractivity contribution in [3.05, 3.63) is 60.5 Å². The van der Waals surface area contributed by atoms with Crippen molar-refractivity contribution in [3.8, 4) is 11.3 Å². The number of benzene rings is 1. The van der Waals surface area contributed by atoms with Crippen molar-refractivity contribution in [1.82, 2.24) is 20.7 Å². The van der Waals surface area contributed by atoms with E-state index in [0.29, 0.717) is 12.6 Å². The van der Waals surface area contributed by atoms with Crippen molar-refractivity contribution in [2.75, 3.05) is 18.0 Å². The molecule has 1 saturated heterocycles. The lowest BCUT2D eigenvalue weighted by Gasteiger charge is -2.25. The van der Waals surface area contributed by atoms with Crippen molar-refractivity contribution >= 4 is 5.82 Å². The van der Waals surface area contributed by atoms with Crippen molar-refractivity contribution in [3.63, 3.8) is 0 Å². The molecule has 1 aliphatic heterocycles. The van der Waals surface area contributed by atoms with E-state index >= 15 is 0 Å². The quantitative estimate of drug-likeness (QED) is 0.747. The first-order valence-electron chi connectivity index (χ1n) is 8.66. The predicted octanol–water partition coefficient (Wildman–Crippen LogP) is 2.89. The van der Waals surface area contributed by atoms with Gasteiger partial charge in [0, 0.05) is 37.0 Å². The highest BCUT2D eigenvalue weighted by Gasteiger charge is 2.25. The average Bonchev–Trinajstić information content (AvgIpc) is 3.33. The van der Waals surface area contributed by atoms with E-state index in [0.717, 1.165) is 42.3 Å². The first-order chi connectivity index (χ1) is 12.4. The molecule has 3 aromatic rings. The second kappa shape index (κ2) is 7.44. The maximum Gasteiger partial charge on any atom is 0.151 e. The van der Waals surface area contributed by atoms with Gasteiger partial charge in [-0.25, -0.2) is 0 Å². The number of aromatic nitrogens is 3. The van der Waals surface area contributed by atoms with Crippen LogP contribution in [0.4, 0.5) is 5.82 Å². The Morgan fingerprint density at radius 2 is 2.08 bits per heavy atom. The van der Waals surface area contributed by atoms with Gasteiger partial charge in [0.1, 0.15) is 5.69 Å². The van der Waals surface area contributed by atoms with Gasteiger partial charge in [-0.3, -0.25) is 0 Å². The lowest BCUT2D eigenvalue weighted by molar-refractivity contribution is 0.372. The smallest absolute Gasteiger partial charge is 0.151 e. The van der Waals surface area contributed by atoms with Crippen LogP contribution in [0.3, 0.4) is 0 Å². The molecule has 128 valence electrons. The van der Waals surface area contributed by atoms with Crippen molar-refractivity contribution in [2.45, 2.75) is 25.4 Å². The van der Waals surface area contributed by atoms with E-state index < -0.39 is 0 Å². The van der Waals surface area contributed by atoms with Gasteiger partial charge in [0.25, 0.3) is 0 Å². The normalized spacial score (nSPS) is 17.1. The second-order valence-corrected chi connectivity index (χ2v) is 6.25. The van der Waals surface area contributed by atoms with E-state index in [9.17, 15) is 0 Å². The molecule has 0 bridgehead atoms. The lowest BCUT2D eigenvalue weighted by atomic mass is 10.1. The molecule has 0 radical (unpaired) electrons. The van der Waals surface area contributed by atoms with Gasteiger partial charge in [-0.1, -0.05) is 35.5 Å². The Bertz CT molecular complexity index is 790. The molecule has 0 saturated carbocycles. The SMILES string of the molecule is c1ccc(-c2cc(CNC[C@H]3CCCN3c3cccnn3)on2)cc1. The van der Waals surface area contributed by atoms with Crippen LogP contribution in [-0.4, -0.2) is 34.5 Å². The monoisotopic (exact) mass is 335 g/mol. The van der Waals surface area contributed by atoms with Crippen LogP contribution in [0, 0.1) is 0 Å². The van der Waals surface area contributed by atoms with Crippen LogP contribution in [-0.2, 0) is 6.54 Å². The van der Waals surface area contributed by atoms with E-state index in [2.05, 4.69) is 25.6 Å². The van der Waals surface area contributed by atoms with Crippen molar-refractivity contribution in [2.24, 2.45) is 0 Å². The van der Waals surface area contributed by atoms with Gasteiger partial charge in [0.15, 0.2) is 11.6 Å². The molecule has 1 aliphatic rings. The molecule has 1 aromatic carbocycles. The summed E-state index contributed by atoms with van der Waals surface area (Å²) in [6.45, 7) is 2.59. The molecule has 25 heavy (non-hydrogen) atoms. The van der Waals surface area contributed by atoms with Crippen LogP contribution < -0.4 is 10.2 Å². The molecule has 1 atom stereocenters. The first-order valence-corrected chi connectivity index (χ1v) is 8.66. The third-order valence-electron chi connectivity index (χ3n) is 4.54. The minimum atomic E-state index is 0.438. The Kier molecular flexibility index (Phi) is 4.70. The largest absolute Gasteiger partial charge is 0.359 e. The van der Waals surface area contributed by atoms with E-state index in [4.69, 9.17) is 4.52 Å². The minimum Gasteiger partial charge on any atom is -0.359 e. The lowest BCUT2D eigenvalue weighted by Crippen LogP contribution is -2.38. The van der Waals surface area contributed by atoms with Crippen LogP contribution in [0.2, 0.25) is 0 Å². The summed E-state index contributed by atoms with van der Waals surface area (Å²) in [6, 6.07) is 16.5. The van der Waals surface area contributed by atoms with Crippen LogP contribution in [0.5, 0.6) is 0 Å². The molecule has 2 aromatic heterocycles. The van der Waals surface area contributed by atoms with E-state index in [1.165, 1.54) is 6.42 Å². The molecule has 3 heterocycles. The summed E-state index contributed by atoms with van der Waals surface area (Å²) in [7, 11) is 0. The number of hydrogen-bond donors (Lipinski definition) is 1. The summed E-state index contributed by atoms with van der Waals surface area (Å²) in [4.78, 5) is 2.33. The fourth-order valence-electron chi connectivity index (χ4n) is 3.30. The molecule has 6 heteroatoms. The Hall–Kier alpha value is -2.73. The molecule has 0 aliphatic carbocycles. The Morgan fingerprint density at radius 3 is 2.92 bits per heavy atom. The molecule has 1 N–H and O–H groups in total. The highest BCUT2D eigenvalue weighted by molar-refractivity contribution is 5.58. The predicted molar refractivity (Wildman–Crippen MR) is 96.0 cm³/mol. The summed E-state index contributed by atoms with van der Waals surface area (Å²) in [5.74, 6) is 1.81. The summed E-state index contributed by atoms with van der Waals surface area (Å²) >= 11 is 0. The number of nitrogens with one attached hydrogen (secondary N) is 1. The van der Waals surface area contributed by atoms with E-state index in [1.807, 2.05) is 48.5 Å². The topological polar surface area (TPSA) is 67.1 Å². The summed E-state index contributed by atoms with van der Waals surface area (Å²) < 4.78 is 5.45. The standard InChI is InChI=1S/C19H21N5O/c1-2-6-15(7-3-1)18-12-17(25-23-18)14-20-13-16-8-5-11-24(16)19-9-4-10-21-22-19/h1-4,6-7,9-10,12,16,20H,5,8,11,13-14H2/t16-/m1/s1. The van der Waals surface area contributed by atoms with E-state index in [-0.39, 0.29) is 0 Å². The second-order valence-electron chi connectivity index (χ2n) is 6.25. The van der Waals surface area contributed by atoms with Gasteiger partial charge in [-0.15, -0.1) is 5.10 Å². The van der Waals surface area contributed by atoms with Crippen molar-refractivity contribution in [1.29, 1.82) is 0 Å². The minimum absolute atomic E-state index is 0.438. The van der Waals surface area contributed by atoms with Gasteiger partial charge < -0.3 is 14.7 Å². The fraction of sp³-hybridized carbons (Fsp3) is 0.316. The number of anilines is 1. The van der Waals surface area contributed by atoms with Crippen LogP contribution >= 0.6 is 0 Å². The third kappa shape index (κ3) is 3.69. The molecular formula is C19H21N5O. The van der Waals surface area contributed by atoms with Crippen LogP contribution in [0.25, 0.3) is 11.3 Å². The summed E-state index contributed by atoms with van der Waals surface area (Å²) in [6.07, 6.45) is 4.06. The molecule has 4 rings (SSSR count). The fourth-order valence-corrected chi connectivity index (χ4v) is 3.30. The zero-order chi connectivity index (χ0) is 16.9. The van der Waals surface area contributed by atoms with Crippen molar-refractivity contribution < 1.29 is 4.52 Å². The molecule has 0 amide bonds. The third-order valence-corrected chi connectivity index (χ3v) is 4.54. The number of rotatable bonds is 6. The maximum absolute atomic E-state index is 5.45. The zero-order valence-corrected chi connectivity index (χ0v) is 14.0.